The summed E-state index contributed by atoms with van der Waals surface area (Å²) in [6, 6.07) is 14.7. The van der Waals surface area contributed by atoms with Gasteiger partial charge < -0.3 is 20.5 Å². The number of ether oxygens (including phenoxy) is 2. The van der Waals surface area contributed by atoms with Gasteiger partial charge in [-0.05, 0) is 36.8 Å². The number of para-hydroxylation sites is 1. The van der Waals surface area contributed by atoms with E-state index in [1.54, 1.807) is 25.3 Å². The number of nitrogens with two attached hydrogens (primary N) is 1. The van der Waals surface area contributed by atoms with Gasteiger partial charge in [-0.2, -0.15) is 0 Å². The summed E-state index contributed by atoms with van der Waals surface area (Å²) in [5, 5.41) is 2.85. The van der Waals surface area contributed by atoms with Crippen molar-refractivity contribution >= 4 is 17.3 Å². The van der Waals surface area contributed by atoms with Crippen LogP contribution >= 0.6 is 0 Å². The van der Waals surface area contributed by atoms with E-state index in [0.29, 0.717) is 30.2 Å². The average molecular weight is 314 g/mol. The summed E-state index contributed by atoms with van der Waals surface area (Å²) >= 11 is 0. The lowest BCUT2D eigenvalue weighted by Crippen LogP contribution is -2.22. The molecule has 0 aliphatic carbocycles. The standard InChI is InChI=1S/C18H22N2O3/c1-13(10-11-23-15-6-4-3-5-7-15)18(21)20-14-8-9-17(22-2)16(19)12-14/h3-9,12-13H,10-11,19H2,1-2H3,(H,20,21). The molecular weight excluding hydrogens is 292 g/mol. The maximum absolute atomic E-state index is 12.2. The smallest absolute Gasteiger partial charge is 0.227 e. The van der Waals surface area contributed by atoms with Gasteiger partial charge in [-0.25, -0.2) is 0 Å². The van der Waals surface area contributed by atoms with Crippen molar-refractivity contribution in [1.29, 1.82) is 0 Å². The number of nitrogen functional groups attached to an aromatic ring is 1. The number of rotatable bonds is 7. The van der Waals surface area contributed by atoms with Gasteiger partial charge in [-0.1, -0.05) is 25.1 Å². The Balaban J connectivity index is 1.81. The highest BCUT2D eigenvalue weighted by Gasteiger charge is 2.14. The molecule has 0 aliphatic rings. The Morgan fingerprint density at radius 1 is 1.22 bits per heavy atom. The maximum Gasteiger partial charge on any atom is 0.227 e. The van der Waals surface area contributed by atoms with Crippen molar-refractivity contribution in [3.05, 3.63) is 48.5 Å². The first-order valence-electron chi connectivity index (χ1n) is 7.52. The van der Waals surface area contributed by atoms with Gasteiger partial charge >= 0.3 is 0 Å². The highest BCUT2D eigenvalue weighted by atomic mass is 16.5. The van der Waals surface area contributed by atoms with Crippen molar-refractivity contribution in [2.24, 2.45) is 5.92 Å². The molecule has 122 valence electrons. The SMILES string of the molecule is COc1ccc(NC(=O)C(C)CCOc2ccccc2)cc1N. The van der Waals surface area contributed by atoms with Gasteiger partial charge in [-0.15, -0.1) is 0 Å². The van der Waals surface area contributed by atoms with Crippen molar-refractivity contribution in [2.75, 3.05) is 24.8 Å². The molecule has 3 N–H and O–H groups in total. The summed E-state index contributed by atoms with van der Waals surface area (Å²) in [5.74, 6) is 1.17. The number of nitrogens with one attached hydrogen (secondary N) is 1. The van der Waals surface area contributed by atoms with Crippen LogP contribution in [0.3, 0.4) is 0 Å². The fraction of sp³-hybridized carbons (Fsp3) is 0.278. The van der Waals surface area contributed by atoms with Crippen LogP contribution < -0.4 is 20.5 Å². The number of carbonyl (C=O) groups is 1. The predicted octanol–water partition coefficient (Wildman–Crippen LogP) is 3.32. The summed E-state index contributed by atoms with van der Waals surface area (Å²) in [7, 11) is 1.55. The lowest BCUT2D eigenvalue weighted by Gasteiger charge is -2.14. The number of carbonyl (C=O) groups excluding carboxylic acids is 1. The maximum atomic E-state index is 12.2. The monoisotopic (exact) mass is 314 g/mol. The van der Waals surface area contributed by atoms with Crippen molar-refractivity contribution < 1.29 is 14.3 Å². The largest absolute Gasteiger partial charge is 0.495 e. The predicted molar refractivity (Wildman–Crippen MR) is 91.8 cm³/mol. The van der Waals surface area contributed by atoms with E-state index in [1.165, 1.54) is 0 Å². The van der Waals surface area contributed by atoms with Crippen LogP contribution in [0.15, 0.2) is 48.5 Å². The van der Waals surface area contributed by atoms with Crippen LogP contribution in [-0.2, 0) is 4.79 Å². The number of hydrogen-bond donors (Lipinski definition) is 2. The Morgan fingerprint density at radius 2 is 1.96 bits per heavy atom. The number of amides is 1. The molecule has 0 heterocycles. The van der Waals surface area contributed by atoms with Gasteiger partial charge in [0.2, 0.25) is 5.91 Å². The molecule has 0 saturated carbocycles. The van der Waals surface area contributed by atoms with E-state index in [1.807, 2.05) is 37.3 Å². The van der Waals surface area contributed by atoms with Crippen LogP contribution in [0.25, 0.3) is 0 Å². The molecule has 0 fully saturated rings. The van der Waals surface area contributed by atoms with Crippen molar-refractivity contribution in [2.45, 2.75) is 13.3 Å². The summed E-state index contributed by atoms with van der Waals surface area (Å²) in [5.41, 5.74) is 6.98. The van der Waals surface area contributed by atoms with E-state index in [9.17, 15) is 4.79 Å². The number of methoxy groups -OCH3 is 1. The highest BCUT2D eigenvalue weighted by molar-refractivity contribution is 5.93. The number of anilines is 2. The first-order valence-corrected chi connectivity index (χ1v) is 7.52. The van der Waals surface area contributed by atoms with Crippen LogP contribution in [0.4, 0.5) is 11.4 Å². The normalized spacial score (nSPS) is 11.6. The zero-order chi connectivity index (χ0) is 16.7. The topological polar surface area (TPSA) is 73.6 Å². The lowest BCUT2D eigenvalue weighted by molar-refractivity contribution is -0.119. The van der Waals surface area contributed by atoms with Gasteiger partial charge in [0.15, 0.2) is 0 Å². The number of hydrogen-bond acceptors (Lipinski definition) is 4. The molecule has 0 radical (unpaired) electrons. The third kappa shape index (κ3) is 4.92. The first-order chi connectivity index (χ1) is 11.1. The third-order valence-electron chi connectivity index (χ3n) is 3.51. The van der Waals surface area contributed by atoms with Crippen LogP contribution in [0, 0.1) is 5.92 Å². The summed E-state index contributed by atoms with van der Waals surface area (Å²) in [4.78, 5) is 12.2. The van der Waals surface area contributed by atoms with Gasteiger partial charge in [0.1, 0.15) is 11.5 Å². The van der Waals surface area contributed by atoms with Crippen LogP contribution in [-0.4, -0.2) is 19.6 Å². The van der Waals surface area contributed by atoms with Gasteiger partial charge in [0.05, 0.1) is 19.4 Å². The van der Waals surface area contributed by atoms with Gasteiger partial charge in [0, 0.05) is 11.6 Å². The number of benzene rings is 2. The molecule has 23 heavy (non-hydrogen) atoms. The fourth-order valence-corrected chi connectivity index (χ4v) is 2.08. The molecule has 0 aliphatic heterocycles. The Bertz CT molecular complexity index is 644. The van der Waals surface area contributed by atoms with Gasteiger partial charge in [0.25, 0.3) is 0 Å². The molecule has 2 rings (SSSR count). The Morgan fingerprint density at radius 3 is 2.61 bits per heavy atom. The van der Waals surface area contributed by atoms with E-state index in [0.717, 1.165) is 5.75 Å². The molecular formula is C18H22N2O3. The minimum absolute atomic E-state index is 0.0637. The Kier molecular flexibility index (Phi) is 5.86. The fourth-order valence-electron chi connectivity index (χ4n) is 2.08. The Hall–Kier alpha value is -2.69. The molecule has 5 nitrogen and oxygen atoms in total. The summed E-state index contributed by atoms with van der Waals surface area (Å²) in [6.45, 7) is 2.36. The van der Waals surface area contributed by atoms with Crippen LogP contribution in [0.5, 0.6) is 11.5 Å². The molecule has 0 bridgehead atoms. The minimum atomic E-state index is -0.165. The molecule has 1 unspecified atom stereocenters. The van der Waals surface area contributed by atoms with E-state index < -0.39 is 0 Å². The van der Waals surface area contributed by atoms with E-state index >= 15 is 0 Å². The lowest BCUT2D eigenvalue weighted by atomic mass is 10.1. The van der Waals surface area contributed by atoms with E-state index in [2.05, 4.69) is 5.32 Å². The molecule has 2 aromatic rings. The van der Waals surface area contributed by atoms with Gasteiger partial charge in [-0.3, -0.25) is 4.79 Å². The molecule has 0 saturated heterocycles. The zero-order valence-corrected chi connectivity index (χ0v) is 13.4. The average Bonchev–Trinajstić information content (AvgIpc) is 2.56. The molecule has 2 aromatic carbocycles. The highest BCUT2D eigenvalue weighted by Crippen LogP contribution is 2.25. The first kappa shape index (κ1) is 16.7. The van der Waals surface area contributed by atoms with Crippen molar-refractivity contribution in [3.63, 3.8) is 0 Å². The minimum Gasteiger partial charge on any atom is -0.495 e. The molecule has 5 heteroatoms. The Labute approximate surface area is 136 Å². The summed E-state index contributed by atoms with van der Waals surface area (Å²) in [6.07, 6.45) is 0.631. The second kappa shape index (κ2) is 8.08. The molecule has 1 atom stereocenters. The van der Waals surface area contributed by atoms with E-state index in [-0.39, 0.29) is 11.8 Å². The van der Waals surface area contributed by atoms with E-state index in [4.69, 9.17) is 15.2 Å². The van der Waals surface area contributed by atoms with Crippen molar-refractivity contribution in [3.8, 4) is 11.5 Å². The quantitative estimate of drug-likeness (QED) is 0.769. The summed E-state index contributed by atoms with van der Waals surface area (Å²) < 4.78 is 10.7. The molecule has 0 aromatic heterocycles. The zero-order valence-electron chi connectivity index (χ0n) is 13.4. The second-order valence-corrected chi connectivity index (χ2v) is 5.30. The second-order valence-electron chi connectivity index (χ2n) is 5.30. The van der Waals surface area contributed by atoms with Crippen LogP contribution in [0.1, 0.15) is 13.3 Å². The van der Waals surface area contributed by atoms with Crippen LogP contribution in [0.2, 0.25) is 0 Å². The third-order valence-corrected chi connectivity index (χ3v) is 3.51. The van der Waals surface area contributed by atoms with Crippen molar-refractivity contribution in [1.82, 2.24) is 0 Å². The molecule has 1 amide bonds. The molecule has 0 spiro atoms.